The van der Waals surface area contributed by atoms with Crippen LogP contribution in [0.1, 0.15) is 24.0 Å². The van der Waals surface area contributed by atoms with Gasteiger partial charge < -0.3 is 5.32 Å². The van der Waals surface area contributed by atoms with Crippen LogP contribution in [-0.4, -0.2) is 30.7 Å². The van der Waals surface area contributed by atoms with Gasteiger partial charge in [-0.1, -0.05) is 60.7 Å². The van der Waals surface area contributed by atoms with Crippen molar-refractivity contribution in [2.45, 2.75) is 25.9 Å². The van der Waals surface area contributed by atoms with Gasteiger partial charge in [0.1, 0.15) is 6.61 Å². The topological polar surface area (TPSA) is 36.9 Å². The molecule has 1 N–H and O–H groups in total. The maximum atomic E-state index is 5.87. The molecule has 0 fully saturated rings. The summed E-state index contributed by atoms with van der Waals surface area (Å²) in [5, 5.41) is 5.28. The molecular weight excluding hydrogens is 298 g/mol. The Balaban J connectivity index is 1.34. The van der Waals surface area contributed by atoms with E-state index < -0.39 is 0 Å². The fourth-order valence-electron chi connectivity index (χ4n) is 2.73. The SMILES string of the molecule is c1ccc(CCCCNC2=NCCN2OCc2ccccc2)cc1. The van der Waals surface area contributed by atoms with Crippen molar-refractivity contribution in [3.8, 4) is 0 Å². The molecule has 4 nitrogen and oxygen atoms in total. The number of hydroxylamine groups is 2. The zero-order chi connectivity index (χ0) is 16.5. The van der Waals surface area contributed by atoms with Crippen molar-refractivity contribution in [3.63, 3.8) is 0 Å². The third-order valence-electron chi connectivity index (χ3n) is 4.05. The smallest absolute Gasteiger partial charge is 0.218 e. The van der Waals surface area contributed by atoms with Gasteiger partial charge in [-0.15, -0.1) is 0 Å². The summed E-state index contributed by atoms with van der Waals surface area (Å²) in [5.74, 6) is 0.866. The zero-order valence-corrected chi connectivity index (χ0v) is 14.0. The molecular formula is C20H25N3O. The summed E-state index contributed by atoms with van der Waals surface area (Å²) < 4.78 is 0. The quantitative estimate of drug-likeness (QED) is 0.757. The van der Waals surface area contributed by atoms with Crippen LogP contribution < -0.4 is 5.32 Å². The second-order valence-electron chi connectivity index (χ2n) is 5.94. The van der Waals surface area contributed by atoms with Crippen LogP contribution >= 0.6 is 0 Å². The Kier molecular flexibility index (Phi) is 6.26. The minimum atomic E-state index is 0.579. The van der Waals surface area contributed by atoms with Gasteiger partial charge in [0.2, 0.25) is 5.96 Å². The number of nitrogens with one attached hydrogen (secondary N) is 1. The van der Waals surface area contributed by atoms with Crippen molar-refractivity contribution >= 4 is 5.96 Å². The van der Waals surface area contributed by atoms with Crippen molar-refractivity contribution in [2.75, 3.05) is 19.6 Å². The predicted octanol–water partition coefficient (Wildman–Crippen LogP) is 3.40. The average Bonchev–Trinajstić information content (AvgIpc) is 3.09. The van der Waals surface area contributed by atoms with Gasteiger partial charge in [0.25, 0.3) is 0 Å². The Morgan fingerprint density at radius 3 is 2.38 bits per heavy atom. The van der Waals surface area contributed by atoms with Crippen molar-refractivity contribution in [2.24, 2.45) is 4.99 Å². The molecule has 4 heteroatoms. The fourth-order valence-corrected chi connectivity index (χ4v) is 2.73. The Labute approximate surface area is 144 Å². The Hall–Kier alpha value is -2.33. The van der Waals surface area contributed by atoms with E-state index in [9.17, 15) is 0 Å². The standard InChI is InChI=1S/C20H25N3O/c1-3-9-18(10-4-1)11-7-8-14-21-20-22-15-16-23(20)24-17-19-12-5-2-6-13-19/h1-6,9-10,12-13H,7-8,11,14-17H2,(H,21,22). The molecule has 1 aliphatic rings. The van der Waals surface area contributed by atoms with Gasteiger partial charge in [0, 0.05) is 6.54 Å². The summed E-state index contributed by atoms with van der Waals surface area (Å²) in [6.07, 6.45) is 3.43. The van der Waals surface area contributed by atoms with Gasteiger partial charge in [-0.05, 0) is 30.4 Å². The maximum Gasteiger partial charge on any atom is 0.218 e. The fraction of sp³-hybridized carbons (Fsp3) is 0.350. The Morgan fingerprint density at radius 1 is 0.917 bits per heavy atom. The van der Waals surface area contributed by atoms with E-state index in [4.69, 9.17) is 4.84 Å². The molecule has 0 amide bonds. The molecule has 0 aliphatic carbocycles. The van der Waals surface area contributed by atoms with E-state index in [1.165, 1.54) is 17.5 Å². The molecule has 0 spiro atoms. The number of nitrogens with zero attached hydrogens (tertiary/aromatic N) is 2. The Bertz CT molecular complexity index is 628. The van der Waals surface area contributed by atoms with Gasteiger partial charge in [-0.25, -0.2) is 10.1 Å². The lowest BCUT2D eigenvalue weighted by Crippen LogP contribution is -2.38. The van der Waals surface area contributed by atoms with Crippen LogP contribution in [0.5, 0.6) is 0 Å². The Morgan fingerprint density at radius 2 is 1.62 bits per heavy atom. The number of rotatable bonds is 8. The molecule has 1 heterocycles. The normalized spacial score (nSPS) is 13.8. The summed E-state index contributed by atoms with van der Waals surface area (Å²) in [7, 11) is 0. The van der Waals surface area contributed by atoms with Crippen LogP contribution in [0.4, 0.5) is 0 Å². The first-order valence-electron chi connectivity index (χ1n) is 8.68. The molecule has 2 aromatic carbocycles. The number of hydrogen-bond donors (Lipinski definition) is 1. The highest BCUT2D eigenvalue weighted by atomic mass is 16.7. The largest absolute Gasteiger partial charge is 0.354 e. The molecule has 0 unspecified atom stereocenters. The van der Waals surface area contributed by atoms with E-state index in [1.807, 2.05) is 23.3 Å². The molecule has 0 aromatic heterocycles. The van der Waals surface area contributed by atoms with E-state index >= 15 is 0 Å². The first-order chi connectivity index (χ1) is 11.9. The van der Waals surface area contributed by atoms with Crippen LogP contribution in [-0.2, 0) is 17.9 Å². The monoisotopic (exact) mass is 323 g/mol. The summed E-state index contributed by atoms with van der Waals surface area (Å²) in [6.45, 7) is 3.12. The molecule has 0 saturated carbocycles. The number of unbranched alkanes of at least 4 members (excludes halogenated alkanes) is 1. The van der Waals surface area contributed by atoms with Crippen molar-refractivity contribution in [1.29, 1.82) is 0 Å². The summed E-state index contributed by atoms with van der Waals surface area (Å²) in [6, 6.07) is 20.9. The van der Waals surface area contributed by atoms with Crippen LogP contribution in [0.25, 0.3) is 0 Å². The number of guanidine groups is 1. The second-order valence-corrected chi connectivity index (χ2v) is 5.94. The first kappa shape index (κ1) is 16.5. The van der Waals surface area contributed by atoms with Crippen molar-refractivity contribution in [1.82, 2.24) is 10.4 Å². The molecule has 0 atom stereocenters. The minimum absolute atomic E-state index is 0.579. The molecule has 0 saturated heterocycles. The third kappa shape index (κ3) is 5.10. The van der Waals surface area contributed by atoms with E-state index in [2.05, 4.69) is 52.8 Å². The van der Waals surface area contributed by atoms with E-state index in [-0.39, 0.29) is 0 Å². The molecule has 1 aliphatic heterocycles. The first-order valence-corrected chi connectivity index (χ1v) is 8.68. The highest BCUT2D eigenvalue weighted by Gasteiger charge is 2.17. The predicted molar refractivity (Wildman–Crippen MR) is 97.6 cm³/mol. The number of aliphatic imine (C=N–C) groups is 1. The van der Waals surface area contributed by atoms with Gasteiger partial charge in [-0.2, -0.15) is 0 Å². The van der Waals surface area contributed by atoms with E-state index in [1.54, 1.807) is 0 Å². The highest BCUT2D eigenvalue weighted by Crippen LogP contribution is 2.07. The van der Waals surface area contributed by atoms with E-state index in [0.29, 0.717) is 6.61 Å². The van der Waals surface area contributed by atoms with Crippen molar-refractivity contribution < 1.29 is 4.84 Å². The second kappa shape index (κ2) is 9.08. The van der Waals surface area contributed by atoms with Gasteiger partial charge >= 0.3 is 0 Å². The lowest BCUT2D eigenvalue weighted by atomic mass is 10.1. The number of aryl methyl sites for hydroxylation is 1. The van der Waals surface area contributed by atoms with Gasteiger partial charge in [0.15, 0.2) is 0 Å². The zero-order valence-electron chi connectivity index (χ0n) is 14.0. The molecule has 2 aromatic rings. The van der Waals surface area contributed by atoms with Crippen molar-refractivity contribution in [3.05, 3.63) is 71.8 Å². The molecule has 126 valence electrons. The number of benzene rings is 2. The van der Waals surface area contributed by atoms with Crippen LogP contribution in [0.2, 0.25) is 0 Å². The summed E-state index contributed by atoms with van der Waals surface area (Å²) in [4.78, 5) is 10.4. The van der Waals surface area contributed by atoms with Gasteiger partial charge in [0.05, 0.1) is 13.1 Å². The lowest BCUT2D eigenvalue weighted by molar-refractivity contribution is -0.105. The molecule has 0 bridgehead atoms. The summed E-state index contributed by atoms with van der Waals surface area (Å²) >= 11 is 0. The van der Waals surface area contributed by atoms with Crippen LogP contribution in [0.3, 0.4) is 0 Å². The number of hydrogen-bond acceptors (Lipinski definition) is 4. The highest BCUT2D eigenvalue weighted by molar-refractivity contribution is 5.80. The minimum Gasteiger partial charge on any atom is -0.354 e. The van der Waals surface area contributed by atoms with Crippen LogP contribution in [0, 0.1) is 0 Å². The average molecular weight is 323 g/mol. The van der Waals surface area contributed by atoms with Crippen LogP contribution in [0.15, 0.2) is 65.7 Å². The molecule has 24 heavy (non-hydrogen) atoms. The summed E-state index contributed by atoms with van der Waals surface area (Å²) in [5.41, 5.74) is 2.58. The van der Waals surface area contributed by atoms with E-state index in [0.717, 1.165) is 38.4 Å². The maximum absolute atomic E-state index is 5.87. The van der Waals surface area contributed by atoms with Gasteiger partial charge in [-0.3, -0.25) is 4.84 Å². The molecule has 3 rings (SSSR count). The molecule has 0 radical (unpaired) electrons. The third-order valence-corrected chi connectivity index (χ3v) is 4.05. The lowest BCUT2D eigenvalue weighted by Gasteiger charge is -2.20.